The van der Waals surface area contributed by atoms with Gasteiger partial charge in [-0.25, -0.2) is 0 Å². The fourth-order valence-electron chi connectivity index (χ4n) is 2.80. The summed E-state index contributed by atoms with van der Waals surface area (Å²) in [7, 11) is 0. The summed E-state index contributed by atoms with van der Waals surface area (Å²) in [5.74, 6) is 0.374. The lowest BCUT2D eigenvalue weighted by atomic mass is 9.90. The average molecular weight is 318 g/mol. The largest absolute Gasteiger partial charge is 0.482 e. The Labute approximate surface area is 141 Å². The quantitative estimate of drug-likeness (QED) is 0.279. The number of rotatable bonds is 4. The number of ether oxygens (including phenoxy) is 1. The molecule has 0 aromatic heterocycles. The summed E-state index contributed by atoms with van der Waals surface area (Å²) in [6.07, 6.45) is 2.42. The highest BCUT2D eigenvalue weighted by Crippen LogP contribution is 2.39. The molecule has 0 spiro atoms. The van der Waals surface area contributed by atoms with Crippen molar-refractivity contribution in [2.75, 3.05) is 0 Å². The lowest BCUT2D eigenvalue weighted by Gasteiger charge is -2.23. The van der Waals surface area contributed by atoms with Crippen molar-refractivity contribution < 1.29 is 14.3 Å². The molecule has 3 rings (SSSR count). The number of hydrogen-bond acceptors (Lipinski definition) is 3. The van der Waals surface area contributed by atoms with Crippen LogP contribution in [0.25, 0.3) is 5.76 Å². The summed E-state index contributed by atoms with van der Waals surface area (Å²) in [5.41, 5.74) is 1.40. The zero-order valence-electron chi connectivity index (χ0n) is 13.7. The van der Waals surface area contributed by atoms with Crippen LogP contribution >= 0.6 is 0 Å². The number of benzene rings is 2. The van der Waals surface area contributed by atoms with Gasteiger partial charge in [-0.15, -0.1) is 0 Å². The van der Waals surface area contributed by atoms with Gasteiger partial charge in [-0.2, -0.15) is 0 Å². The fraction of sp³-hybridized carbons (Fsp3) is 0.143. The summed E-state index contributed by atoms with van der Waals surface area (Å²) in [6.45, 7) is 3.72. The van der Waals surface area contributed by atoms with E-state index in [1.807, 2.05) is 50.2 Å². The van der Waals surface area contributed by atoms with Crippen LogP contribution in [-0.4, -0.2) is 17.7 Å². The third-order valence-electron chi connectivity index (χ3n) is 4.04. The van der Waals surface area contributed by atoms with Gasteiger partial charge in [0, 0.05) is 16.7 Å². The molecule has 0 saturated heterocycles. The van der Waals surface area contributed by atoms with Crippen LogP contribution in [0.4, 0.5) is 0 Å². The monoisotopic (exact) mass is 318 g/mol. The molecule has 0 radical (unpaired) electrons. The predicted octanol–water partition coefficient (Wildman–Crippen LogP) is 4.21. The highest BCUT2D eigenvalue weighted by molar-refractivity contribution is 6.21. The second-order valence-corrected chi connectivity index (χ2v) is 6.13. The normalized spacial score (nSPS) is 17.7. The first-order chi connectivity index (χ1) is 11.5. The van der Waals surface area contributed by atoms with Crippen LogP contribution < -0.4 is 0 Å². The van der Waals surface area contributed by atoms with E-state index in [1.165, 1.54) is 0 Å². The molecule has 0 fully saturated rings. The van der Waals surface area contributed by atoms with E-state index < -0.39 is 5.60 Å². The SMILES string of the molecule is CC1(C)OC(c2ccccc2)=C/C1=C(/C=O)C(=O)c1ccccc1. The molecule has 1 aliphatic rings. The smallest absolute Gasteiger partial charge is 0.196 e. The van der Waals surface area contributed by atoms with Crippen LogP contribution in [0.3, 0.4) is 0 Å². The number of allylic oxidation sites excluding steroid dienone is 1. The Morgan fingerprint density at radius 3 is 2.12 bits per heavy atom. The highest BCUT2D eigenvalue weighted by atomic mass is 16.5. The Kier molecular flexibility index (Phi) is 4.17. The zero-order chi connectivity index (χ0) is 17.2. The standard InChI is InChI=1S/C21H18O3/c1-21(2)18(13-19(24-21)15-9-5-3-6-10-15)17(14-22)20(23)16-11-7-4-8-12-16/h3-14H,1-2H3/b18-17+. The van der Waals surface area contributed by atoms with Crippen molar-refractivity contribution in [2.24, 2.45) is 0 Å². The van der Waals surface area contributed by atoms with Gasteiger partial charge in [0.25, 0.3) is 0 Å². The number of ketones is 1. The first-order valence-corrected chi connectivity index (χ1v) is 7.79. The van der Waals surface area contributed by atoms with Crippen LogP contribution in [0.15, 0.2) is 77.9 Å². The van der Waals surface area contributed by atoms with E-state index in [-0.39, 0.29) is 11.4 Å². The molecule has 120 valence electrons. The van der Waals surface area contributed by atoms with Gasteiger partial charge in [0.15, 0.2) is 12.1 Å². The summed E-state index contributed by atoms with van der Waals surface area (Å²) in [6, 6.07) is 18.4. The number of carbonyl (C=O) groups excluding carboxylic acids is 2. The fourth-order valence-corrected chi connectivity index (χ4v) is 2.80. The van der Waals surface area contributed by atoms with E-state index in [0.29, 0.717) is 23.2 Å². The Balaban J connectivity index is 2.09. The highest BCUT2D eigenvalue weighted by Gasteiger charge is 2.36. The minimum Gasteiger partial charge on any atom is -0.482 e. The lowest BCUT2D eigenvalue weighted by molar-refractivity contribution is -0.104. The lowest BCUT2D eigenvalue weighted by Crippen LogP contribution is -2.24. The Morgan fingerprint density at radius 2 is 1.54 bits per heavy atom. The molecule has 0 aliphatic carbocycles. The van der Waals surface area contributed by atoms with Gasteiger partial charge in [0.2, 0.25) is 0 Å². The first-order valence-electron chi connectivity index (χ1n) is 7.79. The van der Waals surface area contributed by atoms with Gasteiger partial charge in [-0.1, -0.05) is 60.7 Å². The molecule has 0 bridgehead atoms. The van der Waals surface area contributed by atoms with Gasteiger partial charge in [-0.3, -0.25) is 9.59 Å². The molecule has 0 atom stereocenters. The first kappa shape index (κ1) is 15.9. The molecule has 2 aromatic rings. The van der Waals surface area contributed by atoms with Gasteiger partial charge >= 0.3 is 0 Å². The Bertz CT molecular complexity index is 828. The van der Waals surface area contributed by atoms with Gasteiger partial charge < -0.3 is 4.74 Å². The number of Topliss-reactive ketones (excluding diaryl/α,β-unsaturated/α-hetero) is 1. The zero-order valence-corrected chi connectivity index (χ0v) is 13.7. The topological polar surface area (TPSA) is 43.4 Å². The Hall–Kier alpha value is -2.94. The van der Waals surface area contributed by atoms with E-state index in [2.05, 4.69) is 0 Å². The second kappa shape index (κ2) is 6.28. The molecule has 24 heavy (non-hydrogen) atoms. The predicted molar refractivity (Wildman–Crippen MR) is 93.4 cm³/mol. The minimum atomic E-state index is -0.744. The van der Waals surface area contributed by atoms with Gasteiger partial charge in [0.05, 0.1) is 5.57 Å². The van der Waals surface area contributed by atoms with Gasteiger partial charge in [-0.05, 0) is 19.9 Å². The maximum atomic E-state index is 12.7. The van der Waals surface area contributed by atoms with Crippen LogP contribution in [0.2, 0.25) is 0 Å². The van der Waals surface area contributed by atoms with E-state index in [9.17, 15) is 9.59 Å². The van der Waals surface area contributed by atoms with E-state index in [4.69, 9.17) is 4.74 Å². The number of carbonyl (C=O) groups is 2. The van der Waals surface area contributed by atoms with E-state index in [1.54, 1.807) is 30.3 Å². The van der Waals surface area contributed by atoms with Crippen LogP contribution in [0.5, 0.6) is 0 Å². The maximum Gasteiger partial charge on any atom is 0.196 e. The Morgan fingerprint density at radius 1 is 0.958 bits per heavy atom. The van der Waals surface area contributed by atoms with Crippen LogP contribution in [0.1, 0.15) is 29.8 Å². The van der Waals surface area contributed by atoms with Crippen LogP contribution in [0, 0.1) is 0 Å². The molecule has 0 amide bonds. The van der Waals surface area contributed by atoms with E-state index >= 15 is 0 Å². The summed E-state index contributed by atoms with van der Waals surface area (Å²) >= 11 is 0. The number of hydrogen-bond donors (Lipinski definition) is 0. The van der Waals surface area contributed by atoms with Crippen LogP contribution in [-0.2, 0) is 9.53 Å². The maximum absolute atomic E-state index is 12.7. The van der Waals surface area contributed by atoms with Crippen molar-refractivity contribution >= 4 is 17.8 Å². The third kappa shape index (κ3) is 2.93. The average Bonchev–Trinajstić information content (AvgIpc) is 2.92. The molecular formula is C21H18O3. The number of aldehydes is 1. The third-order valence-corrected chi connectivity index (χ3v) is 4.04. The van der Waals surface area contributed by atoms with Crippen molar-refractivity contribution in [1.29, 1.82) is 0 Å². The van der Waals surface area contributed by atoms with Crippen molar-refractivity contribution in [1.82, 2.24) is 0 Å². The summed E-state index contributed by atoms with van der Waals surface area (Å²) < 4.78 is 6.01. The van der Waals surface area contributed by atoms with E-state index in [0.717, 1.165) is 5.56 Å². The molecular weight excluding hydrogens is 300 g/mol. The molecule has 3 heteroatoms. The van der Waals surface area contributed by atoms with Crippen molar-refractivity contribution in [3.63, 3.8) is 0 Å². The molecule has 1 heterocycles. The summed E-state index contributed by atoms with van der Waals surface area (Å²) in [5, 5.41) is 0. The molecule has 0 N–H and O–H groups in total. The molecule has 0 unspecified atom stereocenters. The molecule has 3 nitrogen and oxygen atoms in total. The van der Waals surface area contributed by atoms with Crippen molar-refractivity contribution in [3.8, 4) is 0 Å². The van der Waals surface area contributed by atoms with Crippen molar-refractivity contribution in [3.05, 3.63) is 89.0 Å². The molecule has 2 aromatic carbocycles. The second-order valence-electron chi connectivity index (χ2n) is 6.13. The summed E-state index contributed by atoms with van der Waals surface area (Å²) in [4.78, 5) is 24.4. The molecule has 0 saturated carbocycles. The van der Waals surface area contributed by atoms with Crippen molar-refractivity contribution in [2.45, 2.75) is 19.4 Å². The minimum absolute atomic E-state index is 0.136. The van der Waals surface area contributed by atoms with Gasteiger partial charge in [0.1, 0.15) is 11.4 Å². The molecule has 1 aliphatic heterocycles.